The molecule has 0 radical (unpaired) electrons. The van der Waals surface area contributed by atoms with Crippen molar-refractivity contribution in [2.24, 2.45) is 0 Å². The van der Waals surface area contributed by atoms with Crippen molar-refractivity contribution in [2.45, 2.75) is 19.4 Å². The van der Waals surface area contributed by atoms with Crippen LogP contribution < -0.4 is 14.8 Å². The molecule has 5 nitrogen and oxygen atoms in total. The molecule has 0 bridgehead atoms. The van der Waals surface area contributed by atoms with Crippen molar-refractivity contribution in [3.63, 3.8) is 0 Å². The first-order valence-corrected chi connectivity index (χ1v) is 4.90. The molecule has 16 heavy (non-hydrogen) atoms. The maximum Gasteiger partial charge on any atom is 0.255 e. The third-order valence-electron chi connectivity index (χ3n) is 2.19. The van der Waals surface area contributed by atoms with Gasteiger partial charge in [0.2, 0.25) is 6.79 Å². The SMILES string of the molecule is CC(C)(O)C(=O)Nc1ccc2c(c1)OCO2. The van der Waals surface area contributed by atoms with Crippen molar-refractivity contribution in [1.82, 2.24) is 0 Å². The van der Waals surface area contributed by atoms with Crippen LogP contribution in [-0.2, 0) is 4.79 Å². The van der Waals surface area contributed by atoms with Crippen LogP contribution in [-0.4, -0.2) is 23.4 Å². The first-order valence-electron chi connectivity index (χ1n) is 4.90. The molecule has 5 heteroatoms. The molecule has 1 aromatic rings. The molecule has 0 aliphatic carbocycles. The maximum atomic E-state index is 11.5. The van der Waals surface area contributed by atoms with Crippen LogP contribution >= 0.6 is 0 Å². The topological polar surface area (TPSA) is 67.8 Å². The number of fused-ring (bicyclic) bond motifs is 1. The molecule has 0 saturated carbocycles. The minimum Gasteiger partial charge on any atom is -0.454 e. The number of benzene rings is 1. The molecular weight excluding hydrogens is 210 g/mol. The molecule has 1 aliphatic heterocycles. The highest BCUT2D eigenvalue weighted by Gasteiger charge is 2.24. The Morgan fingerprint density at radius 3 is 2.75 bits per heavy atom. The van der Waals surface area contributed by atoms with Gasteiger partial charge >= 0.3 is 0 Å². The van der Waals surface area contributed by atoms with Gasteiger partial charge in [-0.05, 0) is 26.0 Å². The molecule has 0 saturated heterocycles. The second-order valence-corrected chi connectivity index (χ2v) is 4.08. The Bertz CT molecular complexity index is 422. The lowest BCUT2D eigenvalue weighted by Gasteiger charge is -2.16. The molecule has 1 heterocycles. The third-order valence-corrected chi connectivity index (χ3v) is 2.19. The summed E-state index contributed by atoms with van der Waals surface area (Å²) in [6, 6.07) is 5.06. The van der Waals surface area contributed by atoms with Crippen LogP contribution in [0.5, 0.6) is 11.5 Å². The molecule has 0 fully saturated rings. The van der Waals surface area contributed by atoms with Crippen molar-refractivity contribution in [2.75, 3.05) is 12.1 Å². The molecule has 1 aliphatic rings. The highest BCUT2D eigenvalue weighted by molar-refractivity contribution is 5.96. The third kappa shape index (κ3) is 2.09. The summed E-state index contributed by atoms with van der Waals surface area (Å²) >= 11 is 0. The lowest BCUT2D eigenvalue weighted by molar-refractivity contribution is -0.130. The molecule has 0 spiro atoms. The molecule has 1 amide bonds. The van der Waals surface area contributed by atoms with Gasteiger partial charge in [-0.2, -0.15) is 0 Å². The van der Waals surface area contributed by atoms with E-state index in [0.717, 1.165) is 0 Å². The van der Waals surface area contributed by atoms with Gasteiger partial charge in [0.25, 0.3) is 5.91 Å². The molecule has 86 valence electrons. The van der Waals surface area contributed by atoms with Crippen molar-refractivity contribution in [1.29, 1.82) is 0 Å². The standard InChI is InChI=1S/C11H13NO4/c1-11(2,14)10(13)12-7-3-4-8-9(5-7)16-6-15-8/h3-5,14H,6H2,1-2H3,(H,12,13). The van der Waals surface area contributed by atoms with E-state index >= 15 is 0 Å². The van der Waals surface area contributed by atoms with E-state index in [1.165, 1.54) is 13.8 Å². The molecular formula is C11H13NO4. The van der Waals surface area contributed by atoms with E-state index < -0.39 is 11.5 Å². The van der Waals surface area contributed by atoms with Crippen molar-refractivity contribution in [3.05, 3.63) is 18.2 Å². The van der Waals surface area contributed by atoms with Gasteiger partial charge in [0, 0.05) is 11.8 Å². The summed E-state index contributed by atoms with van der Waals surface area (Å²) in [5.74, 6) is 0.779. The Kier molecular flexibility index (Phi) is 2.47. The van der Waals surface area contributed by atoms with E-state index in [-0.39, 0.29) is 6.79 Å². The van der Waals surface area contributed by atoms with Crippen LogP contribution in [0.4, 0.5) is 5.69 Å². The Balaban J connectivity index is 2.14. The quantitative estimate of drug-likeness (QED) is 0.788. The highest BCUT2D eigenvalue weighted by atomic mass is 16.7. The Morgan fingerprint density at radius 2 is 2.06 bits per heavy atom. The van der Waals surface area contributed by atoms with Crippen LogP contribution in [0.2, 0.25) is 0 Å². The number of ether oxygens (including phenoxy) is 2. The molecule has 1 aromatic carbocycles. The maximum absolute atomic E-state index is 11.5. The average Bonchev–Trinajstić information content (AvgIpc) is 2.63. The second kappa shape index (κ2) is 3.68. The van der Waals surface area contributed by atoms with Gasteiger partial charge in [0.05, 0.1) is 0 Å². The average molecular weight is 223 g/mol. The molecule has 2 rings (SSSR count). The first-order chi connectivity index (χ1) is 7.47. The van der Waals surface area contributed by atoms with E-state index in [4.69, 9.17) is 9.47 Å². The smallest absolute Gasteiger partial charge is 0.255 e. The molecule has 0 unspecified atom stereocenters. The summed E-state index contributed by atoms with van der Waals surface area (Å²) in [4.78, 5) is 11.5. The van der Waals surface area contributed by atoms with Gasteiger partial charge in [-0.25, -0.2) is 0 Å². The number of anilines is 1. The number of carbonyl (C=O) groups excluding carboxylic acids is 1. The van der Waals surface area contributed by atoms with Crippen LogP contribution in [0.1, 0.15) is 13.8 Å². The summed E-state index contributed by atoms with van der Waals surface area (Å²) in [5, 5.41) is 12.1. The fraction of sp³-hybridized carbons (Fsp3) is 0.364. The predicted octanol–water partition coefficient (Wildman–Crippen LogP) is 1.12. The summed E-state index contributed by atoms with van der Waals surface area (Å²) in [5.41, 5.74) is -0.840. The number of carbonyl (C=O) groups is 1. The van der Waals surface area contributed by atoms with E-state index in [1.807, 2.05) is 0 Å². The number of hydrogen-bond donors (Lipinski definition) is 2. The zero-order chi connectivity index (χ0) is 11.8. The van der Waals surface area contributed by atoms with Crippen LogP contribution in [0.25, 0.3) is 0 Å². The first kappa shape index (κ1) is 10.8. The Morgan fingerprint density at radius 1 is 1.38 bits per heavy atom. The minimum absolute atomic E-state index is 0.193. The van der Waals surface area contributed by atoms with E-state index in [1.54, 1.807) is 18.2 Å². The second-order valence-electron chi connectivity index (χ2n) is 4.08. The summed E-state index contributed by atoms with van der Waals surface area (Å²) in [6.07, 6.45) is 0. The lowest BCUT2D eigenvalue weighted by atomic mass is 10.1. The van der Waals surface area contributed by atoms with Gasteiger partial charge in [0.1, 0.15) is 5.60 Å². The molecule has 0 aromatic heterocycles. The van der Waals surface area contributed by atoms with Crippen LogP contribution in [0.3, 0.4) is 0 Å². The van der Waals surface area contributed by atoms with E-state index in [0.29, 0.717) is 17.2 Å². The normalized spacial score (nSPS) is 13.7. The minimum atomic E-state index is -1.41. The lowest BCUT2D eigenvalue weighted by Crippen LogP contribution is -2.36. The zero-order valence-electron chi connectivity index (χ0n) is 9.11. The summed E-state index contributed by atoms with van der Waals surface area (Å²) in [6.45, 7) is 3.04. The molecule has 0 atom stereocenters. The number of hydrogen-bond acceptors (Lipinski definition) is 4. The summed E-state index contributed by atoms with van der Waals surface area (Å²) < 4.78 is 10.3. The van der Waals surface area contributed by atoms with Crippen molar-refractivity contribution >= 4 is 11.6 Å². The monoisotopic (exact) mass is 223 g/mol. The van der Waals surface area contributed by atoms with Crippen LogP contribution in [0.15, 0.2) is 18.2 Å². The zero-order valence-corrected chi connectivity index (χ0v) is 9.11. The van der Waals surface area contributed by atoms with Gasteiger partial charge in [-0.3, -0.25) is 4.79 Å². The fourth-order valence-corrected chi connectivity index (χ4v) is 1.26. The Labute approximate surface area is 93.0 Å². The number of amides is 1. The van der Waals surface area contributed by atoms with Crippen molar-refractivity contribution < 1.29 is 19.4 Å². The number of rotatable bonds is 2. The highest BCUT2D eigenvalue weighted by Crippen LogP contribution is 2.34. The van der Waals surface area contributed by atoms with Gasteiger partial charge in [-0.15, -0.1) is 0 Å². The van der Waals surface area contributed by atoms with Gasteiger partial charge in [0.15, 0.2) is 11.5 Å². The van der Waals surface area contributed by atoms with Crippen molar-refractivity contribution in [3.8, 4) is 11.5 Å². The predicted molar refractivity (Wildman–Crippen MR) is 57.5 cm³/mol. The number of aliphatic hydroxyl groups is 1. The fourth-order valence-electron chi connectivity index (χ4n) is 1.26. The molecule has 2 N–H and O–H groups in total. The van der Waals surface area contributed by atoms with Gasteiger partial charge < -0.3 is 19.9 Å². The summed E-state index contributed by atoms with van der Waals surface area (Å²) in [7, 11) is 0. The number of nitrogens with one attached hydrogen (secondary N) is 1. The van der Waals surface area contributed by atoms with Crippen LogP contribution in [0, 0.1) is 0 Å². The Hall–Kier alpha value is -1.75. The van der Waals surface area contributed by atoms with Gasteiger partial charge in [-0.1, -0.05) is 0 Å². The largest absolute Gasteiger partial charge is 0.454 e. The van der Waals surface area contributed by atoms with E-state index in [2.05, 4.69) is 5.32 Å². The van der Waals surface area contributed by atoms with E-state index in [9.17, 15) is 9.90 Å².